The first-order valence-electron chi connectivity index (χ1n) is 4.27. The lowest BCUT2D eigenvalue weighted by molar-refractivity contribution is 0.558. The molecule has 0 atom stereocenters. The van der Waals surface area contributed by atoms with Crippen LogP contribution >= 0.6 is 22.6 Å². The van der Waals surface area contributed by atoms with Crippen molar-refractivity contribution in [2.75, 3.05) is 0 Å². The van der Waals surface area contributed by atoms with Crippen molar-refractivity contribution in [3.05, 3.63) is 51.4 Å². The van der Waals surface area contributed by atoms with E-state index in [1.54, 1.807) is 17.1 Å². The van der Waals surface area contributed by atoms with E-state index in [1.807, 2.05) is 0 Å². The van der Waals surface area contributed by atoms with Crippen LogP contribution in [-0.2, 0) is 6.54 Å². The van der Waals surface area contributed by atoms with Gasteiger partial charge in [-0.2, -0.15) is 5.10 Å². The van der Waals surface area contributed by atoms with Crippen molar-refractivity contribution < 1.29 is 8.78 Å². The van der Waals surface area contributed by atoms with Crippen molar-refractivity contribution >= 4 is 22.6 Å². The SMILES string of the molecule is Fc1ccc(Cn2cc(I)cn2)c(F)c1. The standard InChI is InChI=1S/C10H7F2IN2/c11-8-2-1-7(10(12)3-8)5-15-6-9(13)4-14-15/h1-4,6H,5H2. The number of aromatic nitrogens is 2. The maximum Gasteiger partial charge on any atom is 0.131 e. The van der Waals surface area contributed by atoms with Crippen LogP contribution in [0.3, 0.4) is 0 Å². The largest absolute Gasteiger partial charge is 0.267 e. The van der Waals surface area contributed by atoms with Crippen molar-refractivity contribution in [2.24, 2.45) is 0 Å². The molecule has 2 nitrogen and oxygen atoms in total. The summed E-state index contributed by atoms with van der Waals surface area (Å²) in [5, 5.41) is 4.02. The Labute approximate surface area is 99.1 Å². The van der Waals surface area contributed by atoms with Gasteiger partial charge in [-0.15, -0.1) is 0 Å². The second-order valence-electron chi connectivity index (χ2n) is 3.09. The maximum atomic E-state index is 13.3. The fourth-order valence-corrected chi connectivity index (χ4v) is 1.70. The lowest BCUT2D eigenvalue weighted by Crippen LogP contribution is -2.02. The lowest BCUT2D eigenvalue weighted by Gasteiger charge is -2.03. The first kappa shape index (κ1) is 10.5. The Morgan fingerprint density at radius 3 is 2.73 bits per heavy atom. The summed E-state index contributed by atoms with van der Waals surface area (Å²) in [4.78, 5) is 0. The highest BCUT2D eigenvalue weighted by Gasteiger charge is 2.04. The predicted molar refractivity (Wildman–Crippen MR) is 60.4 cm³/mol. The molecular formula is C10H7F2IN2. The Kier molecular flexibility index (Phi) is 2.99. The number of nitrogens with zero attached hydrogens (tertiary/aromatic N) is 2. The van der Waals surface area contributed by atoms with E-state index in [-0.39, 0.29) is 0 Å². The van der Waals surface area contributed by atoms with Gasteiger partial charge in [0, 0.05) is 17.8 Å². The van der Waals surface area contributed by atoms with E-state index in [9.17, 15) is 8.78 Å². The van der Waals surface area contributed by atoms with Gasteiger partial charge in [0.05, 0.1) is 16.3 Å². The van der Waals surface area contributed by atoms with Crippen molar-refractivity contribution in [3.8, 4) is 0 Å². The molecule has 0 aliphatic carbocycles. The second-order valence-corrected chi connectivity index (χ2v) is 4.34. The monoisotopic (exact) mass is 320 g/mol. The van der Waals surface area contributed by atoms with Gasteiger partial charge in [0.25, 0.3) is 0 Å². The normalized spacial score (nSPS) is 10.6. The van der Waals surface area contributed by atoms with Crippen molar-refractivity contribution in [1.29, 1.82) is 0 Å². The van der Waals surface area contributed by atoms with Gasteiger partial charge in [-0.1, -0.05) is 6.07 Å². The summed E-state index contributed by atoms with van der Waals surface area (Å²) in [6.45, 7) is 0.315. The quantitative estimate of drug-likeness (QED) is 0.778. The number of rotatable bonds is 2. The molecule has 5 heteroatoms. The third-order valence-corrected chi connectivity index (χ3v) is 2.51. The maximum absolute atomic E-state index is 13.3. The third kappa shape index (κ3) is 2.53. The van der Waals surface area contributed by atoms with Crippen LogP contribution in [0.15, 0.2) is 30.6 Å². The van der Waals surface area contributed by atoms with E-state index in [0.29, 0.717) is 12.1 Å². The minimum atomic E-state index is -0.564. The average molecular weight is 320 g/mol. The molecule has 0 aliphatic heterocycles. The van der Waals surface area contributed by atoms with Crippen molar-refractivity contribution in [2.45, 2.75) is 6.54 Å². The molecule has 0 spiro atoms. The molecule has 0 unspecified atom stereocenters. The van der Waals surface area contributed by atoms with Gasteiger partial charge in [-0.05, 0) is 28.7 Å². The molecule has 15 heavy (non-hydrogen) atoms. The zero-order valence-corrected chi connectivity index (χ0v) is 9.78. The van der Waals surface area contributed by atoms with Gasteiger partial charge in [0.2, 0.25) is 0 Å². The van der Waals surface area contributed by atoms with Crippen molar-refractivity contribution in [1.82, 2.24) is 9.78 Å². The molecule has 0 radical (unpaired) electrons. The van der Waals surface area contributed by atoms with E-state index >= 15 is 0 Å². The molecule has 1 aromatic carbocycles. The molecular weight excluding hydrogens is 313 g/mol. The Hall–Kier alpha value is -0.980. The van der Waals surface area contributed by atoms with Gasteiger partial charge < -0.3 is 0 Å². The summed E-state index contributed by atoms with van der Waals surface area (Å²) in [6, 6.07) is 3.55. The minimum Gasteiger partial charge on any atom is -0.267 e. The van der Waals surface area contributed by atoms with Crippen LogP contribution in [0, 0.1) is 15.2 Å². The second kappa shape index (κ2) is 4.26. The van der Waals surface area contributed by atoms with Crippen LogP contribution in [0.2, 0.25) is 0 Å². The Bertz CT molecular complexity index is 482. The van der Waals surface area contributed by atoms with Gasteiger partial charge >= 0.3 is 0 Å². The van der Waals surface area contributed by atoms with Gasteiger partial charge in [0.1, 0.15) is 11.6 Å². The molecule has 0 aliphatic rings. The van der Waals surface area contributed by atoms with E-state index in [4.69, 9.17) is 0 Å². The zero-order chi connectivity index (χ0) is 10.8. The molecule has 1 aromatic heterocycles. The fourth-order valence-electron chi connectivity index (χ4n) is 1.25. The van der Waals surface area contributed by atoms with E-state index in [1.165, 1.54) is 12.1 Å². The van der Waals surface area contributed by atoms with Gasteiger partial charge in [-0.3, -0.25) is 4.68 Å². The summed E-state index contributed by atoms with van der Waals surface area (Å²) in [5.41, 5.74) is 0.427. The number of benzene rings is 1. The van der Waals surface area contributed by atoms with E-state index < -0.39 is 11.6 Å². The number of hydrogen-bond donors (Lipinski definition) is 0. The summed E-state index contributed by atoms with van der Waals surface area (Å²) in [7, 11) is 0. The van der Waals surface area contributed by atoms with Crippen LogP contribution < -0.4 is 0 Å². The minimum absolute atomic E-state index is 0.315. The molecule has 0 saturated heterocycles. The van der Waals surface area contributed by atoms with Crippen molar-refractivity contribution in [3.63, 3.8) is 0 Å². The summed E-state index contributed by atoms with van der Waals surface area (Å²) < 4.78 is 28.5. The Morgan fingerprint density at radius 1 is 1.33 bits per heavy atom. The molecule has 0 saturated carbocycles. The topological polar surface area (TPSA) is 17.8 Å². The first-order chi connectivity index (χ1) is 7.15. The molecule has 0 amide bonds. The van der Waals surface area contributed by atoms with Crippen LogP contribution in [0.5, 0.6) is 0 Å². The molecule has 2 aromatic rings. The zero-order valence-electron chi connectivity index (χ0n) is 7.62. The van der Waals surface area contributed by atoms with Crippen LogP contribution in [-0.4, -0.2) is 9.78 Å². The first-order valence-corrected chi connectivity index (χ1v) is 5.35. The van der Waals surface area contributed by atoms with Gasteiger partial charge in [0.15, 0.2) is 0 Å². The highest BCUT2D eigenvalue weighted by atomic mass is 127. The smallest absolute Gasteiger partial charge is 0.131 e. The van der Waals surface area contributed by atoms with Crippen LogP contribution in [0.4, 0.5) is 8.78 Å². The Morgan fingerprint density at radius 2 is 2.13 bits per heavy atom. The highest BCUT2D eigenvalue weighted by Crippen LogP contribution is 2.11. The molecule has 2 rings (SSSR count). The lowest BCUT2D eigenvalue weighted by atomic mass is 10.2. The molecule has 78 valence electrons. The number of halogens is 3. The fraction of sp³-hybridized carbons (Fsp3) is 0.100. The van der Waals surface area contributed by atoms with Gasteiger partial charge in [-0.25, -0.2) is 8.78 Å². The van der Waals surface area contributed by atoms with E-state index in [2.05, 4.69) is 27.7 Å². The van der Waals surface area contributed by atoms with E-state index in [0.717, 1.165) is 9.64 Å². The summed E-state index contributed by atoms with van der Waals surface area (Å²) in [5.74, 6) is -1.10. The highest BCUT2D eigenvalue weighted by molar-refractivity contribution is 14.1. The molecule has 0 bridgehead atoms. The average Bonchev–Trinajstić information content (AvgIpc) is 2.56. The van der Waals surface area contributed by atoms with Crippen LogP contribution in [0.25, 0.3) is 0 Å². The molecule has 0 fully saturated rings. The summed E-state index contributed by atoms with van der Waals surface area (Å²) >= 11 is 2.12. The molecule has 1 heterocycles. The Balaban J connectivity index is 2.24. The summed E-state index contributed by atoms with van der Waals surface area (Å²) in [6.07, 6.45) is 3.48. The predicted octanol–water partition coefficient (Wildman–Crippen LogP) is 2.81. The van der Waals surface area contributed by atoms with Crippen LogP contribution in [0.1, 0.15) is 5.56 Å². The molecule has 0 N–H and O–H groups in total. The third-order valence-electron chi connectivity index (χ3n) is 1.95. The number of hydrogen-bond acceptors (Lipinski definition) is 1.